The Kier molecular flexibility index (Phi) is 7.43. The number of halogens is 1. The van der Waals surface area contributed by atoms with Gasteiger partial charge in [-0.05, 0) is 50.5 Å². The van der Waals surface area contributed by atoms with Gasteiger partial charge in [0.15, 0.2) is 0 Å². The maximum atomic E-state index is 12.7. The lowest BCUT2D eigenvalue weighted by atomic mass is 10.2. The molecule has 2 heterocycles. The summed E-state index contributed by atoms with van der Waals surface area (Å²) in [7, 11) is 3.54. The molecule has 2 aromatic rings. The molecule has 1 fully saturated rings. The Morgan fingerprint density at radius 3 is 2.57 bits per heavy atom. The average Bonchev–Trinajstić information content (AvgIpc) is 3.15. The lowest BCUT2D eigenvalue weighted by molar-refractivity contribution is -0.125. The number of amides is 3. The number of nitrogens with zero attached hydrogens (tertiary/aromatic N) is 2. The van der Waals surface area contributed by atoms with Crippen LogP contribution in [-0.4, -0.2) is 69.1 Å². The van der Waals surface area contributed by atoms with Gasteiger partial charge in [-0.25, -0.2) is 0 Å². The number of thiophene rings is 1. The second kappa shape index (κ2) is 10.0. The molecule has 0 aliphatic carbocycles. The predicted molar refractivity (Wildman–Crippen MR) is 117 cm³/mol. The average molecular weight is 451 g/mol. The van der Waals surface area contributed by atoms with E-state index < -0.39 is 6.04 Å². The molecule has 8 nitrogen and oxygen atoms in total. The number of hydrogen-bond donors (Lipinski definition) is 2. The molecule has 30 heavy (non-hydrogen) atoms. The van der Waals surface area contributed by atoms with Gasteiger partial charge in [0.1, 0.15) is 12.6 Å². The van der Waals surface area contributed by atoms with Crippen molar-refractivity contribution in [3.63, 3.8) is 0 Å². The third-order valence-corrected chi connectivity index (χ3v) is 5.84. The molecule has 2 N–H and O–H groups in total. The number of likely N-dealkylation sites (N-methyl/N-ethyl adjacent to an activating group) is 1. The second-order valence-electron chi connectivity index (χ2n) is 6.93. The molecular formula is C20H23ClN4O4S. The van der Waals surface area contributed by atoms with Crippen molar-refractivity contribution < 1.29 is 19.1 Å². The summed E-state index contributed by atoms with van der Waals surface area (Å²) >= 11 is 7.05. The van der Waals surface area contributed by atoms with Crippen LogP contribution in [0.25, 0.3) is 0 Å². The van der Waals surface area contributed by atoms with Gasteiger partial charge in [-0.3, -0.25) is 19.3 Å². The maximum absolute atomic E-state index is 12.7. The number of rotatable bonds is 7. The number of ether oxygens (including phenoxy) is 1. The van der Waals surface area contributed by atoms with E-state index in [2.05, 4.69) is 10.6 Å². The molecule has 3 rings (SSSR count). The highest BCUT2D eigenvalue weighted by atomic mass is 35.5. The van der Waals surface area contributed by atoms with Crippen molar-refractivity contribution in [3.05, 3.63) is 45.6 Å². The Morgan fingerprint density at radius 1 is 1.23 bits per heavy atom. The molecule has 0 unspecified atom stereocenters. The van der Waals surface area contributed by atoms with Gasteiger partial charge in [0.25, 0.3) is 11.8 Å². The van der Waals surface area contributed by atoms with Gasteiger partial charge < -0.3 is 20.3 Å². The monoisotopic (exact) mass is 450 g/mol. The van der Waals surface area contributed by atoms with E-state index in [0.29, 0.717) is 28.1 Å². The summed E-state index contributed by atoms with van der Waals surface area (Å²) in [5.74, 6) is -0.612. The fourth-order valence-electron chi connectivity index (χ4n) is 2.96. The Bertz CT molecular complexity index is 916. The summed E-state index contributed by atoms with van der Waals surface area (Å²) in [6.45, 7) is 1.22. The summed E-state index contributed by atoms with van der Waals surface area (Å²) in [5, 5.41) is 5.63. The zero-order valence-electron chi connectivity index (χ0n) is 16.7. The van der Waals surface area contributed by atoms with Gasteiger partial charge in [-0.2, -0.15) is 0 Å². The minimum Gasteiger partial charge on any atom is -0.370 e. The van der Waals surface area contributed by atoms with E-state index in [9.17, 15) is 14.4 Å². The van der Waals surface area contributed by atoms with Crippen molar-refractivity contribution >= 4 is 52.0 Å². The van der Waals surface area contributed by atoms with E-state index >= 15 is 0 Å². The molecule has 1 aromatic carbocycles. The quantitative estimate of drug-likeness (QED) is 0.673. The second-order valence-corrected chi connectivity index (χ2v) is 8.64. The largest absolute Gasteiger partial charge is 0.370 e. The molecule has 0 saturated carbocycles. The van der Waals surface area contributed by atoms with Gasteiger partial charge in [-0.1, -0.05) is 11.6 Å². The van der Waals surface area contributed by atoms with Crippen LogP contribution in [0.3, 0.4) is 0 Å². The normalized spacial score (nSPS) is 15.2. The third-order valence-electron chi connectivity index (χ3n) is 4.61. The Morgan fingerprint density at radius 2 is 1.97 bits per heavy atom. The van der Waals surface area contributed by atoms with Crippen molar-refractivity contribution in [2.75, 3.05) is 50.6 Å². The highest BCUT2D eigenvalue weighted by molar-refractivity contribution is 7.18. The number of anilines is 2. The first-order chi connectivity index (χ1) is 14.3. The van der Waals surface area contributed by atoms with Crippen molar-refractivity contribution in [3.8, 4) is 0 Å². The molecule has 1 saturated heterocycles. The lowest BCUT2D eigenvalue weighted by Gasteiger charge is -2.27. The molecule has 1 aliphatic rings. The SMILES string of the molecule is CN(C)[C@@H](CNC(=O)c1ccc(Cl)s1)C(=O)Nc1ccc(N2CCOCC2=O)cc1. The van der Waals surface area contributed by atoms with Crippen LogP contribution in [0.2, 0.25) is 4.34 Å². The molecule has 0 bridgehead atoms. The smallest absolute Gasteiger partial charge is 0.261 e. The highest BCUT2D eigenvalue weighted by Gasteiger charge is 2.23. The fourth-order valence-corrected chi connectivity index (χ4v) is 3.92. The molecule has 0 radical (unpaired) electrons. The molecule has 0 spiro atoms. The predicted octanol–water partition coefficient (Wildman–Crippen LogP) is 2.06. The maximum Gasteiger partial charge on any atom is 0.261 e. The van der Waals surface area contributed by atoms with Crippen molar-refractivity contribution in [1.82, 2.24) is 10.2 Å². The van der Waals surface area contributed by atoms with Crippen molar-refractivity contribution in [2.45, 2.75) is 6.04 Å². The number of hydrogen-bond acceptors (Lipinski definition) is 6. The van der Waals surface area contributed by atoms with E-state index in [1.54, 1.807) is 60.3 Å². The Balaban J connectivity index is 1.59. The summed E-state index contributed by atoms with van der Waals surface area (Å²) in [5.41, 5.74) is 1.36. The Labute approximate surface area is 183 Å². The van der Waals surface area contributed by atoms with Crippen LogP contribution in [0.1, 0.15) is 9.67 Å². The molecule has 160 valence electrons. The summed E-state index contributed by atoms with van der Waals surface area (Å²) in [6, 6.07) is 9.80. The van der Waals surface area contributed by atoms with Crippen LogP contribution in [0.5, 0.6) is 0 Å². The van der Waals surface area contributed by atoms with E-state index in [1.165, 1.54) is 11.3 Å². The molecule has 1 atom stereocenters. The number of benzene rings is 1. The highest BCUT2D eigenvalue weighted by Crippen LogP contribution is 2.21. The zero-order chi connectivity index (χ0) is 21.7. The fraction of sp³-hybridized carbons (Fsp3) is 0.350. The van der Waals surface area contributed by atoms with Gasteiger partial charge in [0.2, 0.25) is 5.91 Å². The standard InChI is InChI=1S/C20H23ClN4O4S/c1-24(2)15(11-22-20(28)16-7-8-17(21)30-16)19(27)23-13-3-5-14(6-4-13)25-9-10-29-12-18(25)26/h3-8,15H,9-12H2,1-2H3,(H,22,28)(H,23,27)/t15-/m0/s1. The van der Waals surface area contributed by atoms with E-state index in [1.807, 2.05) is 0 Å². The minimum absolute atomic E-state index is 0.0758. The van der Waals surface area contributed by atoms with Gasteiger partial charge >= 0.3 is 0 Å². The number of nitrogens with one attached hydrogen (secondary N) is 2. The van der Waals surface area contributed by atoms with Crippen LogP contribution in [-0.2, 0) is 14.3 Å². The van der Waals surface area contributed by atoms with Crippen LogP contribution in [0, 0.1) is 0 Å². The van der Waals surface area contributed by atoms with Crippen LogP contribution < -0.4 is 15.5 Å². The lowest BCUT2D eigenvalue weighted by Crippen LogP contribution is -2.47. The molecule has 10 heteroatoms. The third kappa shape index (κ3) is 5.57. The summed E-state index contributed by atoms with van der Waals surface area (Å²) in [4.78, 5) is 40.8. The van der Waals surface area contributed by atoms with Crippen molar-refractivity contribution in [2.24, 2.45) is 0 Å². The summed E-state index contributed by atoms with van der Waals surface area (Å²) in [6.07, 6.45) is 0. The van der Waals surface area contributed by atoms with Gasteiger partial charge in [0.05, 0.1) is 15.8 Å². The molecule has 3 amide bonds. The minimum atomic E-state index is -0.565. The summed E-state index contributed by atoms with van der Waals surface area (Å²) < 4.78 is 5.67. The number of morpholine rings is 1. The number of carbonyl (C=O) groups excluding carboxylic acids is 3. The Hall–Kier alpha value is -2.46. The first kappa shape index (κ1) is 22.2. The van der Waals surface area contributed by atoms with E-state index in [-0.39, 0.29) is 30.9 Å². The first-order valence-electron chi connectivity index (χ1n) is 9.34. The van der Waals surface area contributed by atoms with Gasteiger partial charge in [-0.15, -0.1) is 11.3 Å². The first-order valence-corrected chi connectivity index (χ1v) is 10.5. The molecular weight excluding hydrogens is 428 g/mol. The van der Waals surface area contributed by atoms with Gasteiger partial charge in [0, 0.05) is 24.5 Å². The van der Waals surface area contributed by atoms with Crippen molar-refractivity contribution in [1.29, 1.82) is 0 Å². The number of carbonyl (C=O) groups is 3. The van der Waals surface area contributed by atoms with Crippen LogP contribution >= 0.6 is 22.9 Å². The zero-order valence-corrected chi connectivity index (χ0v) is 18.3. The van der Waals surface area contributed by atoms with Crippen LogP contribution in [0.15, 0.2) is 36.4 Å². The molecule has 1 aliphatic heterocycles. The molecule has 1 aromatic heterocycles. The van der Waals surface area contributed by atoms with E-state index in [0.717, 1.165) is 5.69 Å². The van der Waals surface area contributed by atoms with E-state index in [4.69, 9.17) is 16.3 Å². The van der Waals surface area contributed by atoms with Crippen LogP contribution in [0.4, 0.5) is 11.4 Å². The topological polar surface area (TPSA) is 91.0 Å².